The molecule has 0 unspecified atom stereocenters. The number of hydrogen-bond acceptors (Lipinski definition) is 6. The molecule has 0 saturated carbocycles. The van der Waals surface area contributed by atoms with Gasteiger partial charge in [-0.05, 0) is 70.9 Å². The van der Waals surface area contributed by atoms with Gasteiger partial charge in [0.2, 0.25) is 0 Å². The number of barbiturate groups is 1. The summed E-state index contributed by atoms with van der Waals surface area (Å²) >= 11 is 3.19. The monoisotopic (exact) mass is 460 g/mol. The van der Waals surface area contributed by atoms with E-state index in [-0.39, 0.29) is 17.1 Å². The molecule has 0 spiro atoms. The normalized spacial score (nSPS) is 15.5. The van der Waals surface area contributed by atoms with Crippen molar-refractivity contribution in [2.24, 2.45) is 0 Å². The molecule has 1 aliphatic heterocycles. The van der Waals surface area contributed by atoms with Gasteiger partial charge in [0, 0.05) is 0 Å². The number of nitrogens with one attached hydrogen (secondary N) is 1. The van der Waals surface area contributed by atoms with Crippen LogP contribution in [-0.4, -0.2) is 36.7 Å². The van der Waals surface area contributed by atoms with E-state index in [1.165, 1.54) is 25.3 Å². The van der Waals surface area contributed by atoms with Gasteiger partial charge < -0.3 is 14.6 Å². The second-order valence-corrected chi connectivity index (χ2v) is 6.79. The van der Waals surface area contributed by atoms with Crippen LogP contribution in [0.2, 0.25) is 0 Å². The molecule has 0 aliphatic carbocycles. The molecule has 2 aromatic carbocycles. The van der Waals surface area contributed by atoms with Gasteiger partial charge in [0.15, 0.2) is 11.5 Å². The zero-order valence-corrected chi connectivity index (χ0v) is 17.1. The Hall–Kier alpha value is -3.33. The summed E-state index contributed by atoms with van der Waals surface area (Å²) in [5.74, 6) is -0.944. The Bertz CT molecular complexity index is 1020. The van der Waals surface area contributed by atoms with Crippen LogP contribution >= 0.6 is 15.9 Å². The van der Waals surface area contributed by atoms with Crippen molar-refractivity contribution in [2.45, 2.75) is 6.92 Å². The van der Waals surface area contributed by atoms with Crippen molar-refractivity contribution in [3.8, 4) is 17.2 Å². The Morgan fingerprint density at radius 1 is 1.17 bits per heavy atom. The molecule has 3 rings (SSSR count). The fourth-order valence-corrected chi connectivity index (χ4v) is 3.21. The number of halogens is 1. The minimum Gasteiger partial charge on any atom is -0.503 e. The average Bonchev–Trinajstić information content (AvgIpc) is 2.69. The highest BCUT2D eigenvalue weighted by molar-refractivity contribution is 9.10. The van der Waals surface area contributed by atoms with Crippen LogP contribution in [0.3, 0.4) is 0 Å². The first-order valence-corrected chi connectivity index (χ1v) is 9.35. The van der Waals surface area contributed by atoms with Gasteiger partial charge in [-0.15, -0.1) is 0 Å². The molecule has 9 heteroatoms. The van der Waals surface area contributed by atoms with Crippen molar-refractivity contribution >= 4 is 45.5 Å². The van der Waals surface area contributed by atoms with Crippen LogP contribution in [0, 0.1) is 0 Å². The Labute approximate surface area is 174 Å². The number of imide groups is 2. The van der Waals surface area contributed by atoms with E-state index >= 15 is 0 Å². The largest absolute Gasteiger partial charge is 0.503 e. The molecule has 2 N–H and O–H groups in total. The van der Waals surface area contributed by atoms with Crippen LogP contribution in [0.5, 0.6) is 17.2 Å². The number of ether oxygens (including phenoxy) is 2. The molecule has 0 aromatic heterocycles. The predicted molar refractivity (Wildman–Crippen MR) is 109 cm³/mol. The van der Waals surface area contributed by atoms with Crippen LogP contribution in [0.25, 0.3) is 6.08 Å². The third-order valence-corrected chi connectivity index (χ3v) is 4.69. The standard InChI is InChI=1S/C20H17BrN2O6/c1-3-29-13-6-4-12(5-7-13)23-19(26)14(18(25)22-20(23)27)8-11-9-15(21)17(24)16(10-11)28-2/h4-10,24H,3H2,1-2H3,(H,22,25,27)/b14-8+. The molecule has 1 saturated heterocycles. The molecule has 0 bridgehead atoms. The molecule has 0 radical (unpaired) electrons. The summed E-state index contributed by atoms with van der Waals surface area (Å²) in [6, 6.07) is 8.49. The van der Waals surface area contributed by atoms with Crippen LogP contribution in [-0.2, 0) is 9.59 Å². The minimum absolute atomic E-state index is 0.111. The summed E-state index contributed by atoms with van der Waals surface area (Å²) in [7, 11) is 1.38. The number of methoxy groups -OCH3 is 1. The van der Waals surface area contributed by atoms with E-state index in [9.17, 15) is 19.5 Å². The molecular weight excluding hydrogens is 444 g/mol. The summed E-state index contributed by atoms with van der Waals surface area (Å²) in [4.78, 5) is 38.4. The van der Waals surface area contributed by atoms with E-state index in [0.717, 1.165) is 4.90 Å². The summed E-state index contributed by atoms with van der Waals surface area (Å²) in [6.45, 7) is 2.32. The summed E-state index contributed by atoms with van der Waals surface area (Å²) in [5, 5.41) is 12.1. The Morgan fingerprint density at radius 2 is 1.86 bits per heavy atom. The zero-order valence-electron chi connectivity index (χ0n) is 15.6. The van der Waals surface area contributed by atoms with Crippen LogP contribution in [0.15, 0.2) is 46.4 Å². The highest BCUT2D eigenvalue weighted by atomic mass is 79.9. The molecule has 2 aromatic rings. The van der Waals surface area contributed by atoms with Crippen LogP contribution in [0.1, 0.15) is 12.5 Å². The summed E-state index contributed by atoms with van der Waals surface area (Å²) in [6.07, 6.45) is 1.32. The number of benzene rings is 2. The van der Waals surface area contributed by atoms with Gasteiger partial charge in [-0.25, -0.2) is 9.69 Å². The Kier molecular flexibility index (Phi) is 5.88. The quantitative estimate of drug-likeness (QED) is 0.524. The molecule has 29 heavy (non-hydrogen) atoms. The number of rotatable bonds is 5. The maximum Gasteiger partial charge on any atom is 0.335 e. The van der Waals surface area contributed by atoms with Crippen molar-refractivity contribution in [3.05, 3.63) is 52.0 Å². The van der Waals surface area contributed by atoms with E-state index in [0.29, 0.717) is 28.1 Å². The number of carbonyl (C=O) groups is 3. The van der Waals surface area contributed by atoms with Crippen LogP contribution < -0.4 is 19.7 Å². The lowest BCUT2D eigenvalue weighted by Gasteiger charge is -2.26. The maximum absolute atomic E-state index is 12.9. The molecule has 1 aliphatic rings. The number of urea groups is 1. The van der Waals surface area contributed by atoms with Gasteiger partial charge in [-0.2, -0.15) is 0 Å². The number of nitrogens with zero attached hydrogens (tertiary/aromatic N) is 1. The topological polar surface area (TPSA) is 105 Å². The molecule has 150 valence electrons. The van der Waals surface area contributed by atoms with E-state index in [1.807, 2.05) is 6.92 Å². The second-order valence-electron chi connectivity index (χ2n) is 5.94. The second kappa shape index (κ2) is 8.36. The number of aromatic hydroxyl groups is 1. The lowest BCUT2D eigenvalue weighted by Crippen LogP contribution is -2.54. The molecule has 4 amide bonds. The molecule has 1 fully saturated rings. The number of phenolic OH excluding ortho intramolecular Hbond substituents is 1. The summed E-state index contributed by atoms with van der Waals surface area (Å²) in [5.41, 5.74) is 0.475. The van der Waals surface area contributed by atoms with Gasteiger partial charge in [0.1, 0.15) is 11.3 Å². The molecule has 1 heterocycles. The van der Waals surface area contributed by atoms with E-state index < -0.39 is 17.8 Å². The highest BCUT2D eigenvalue weighted by Crippen LogP contribution is 2.36. The van der Waals surface area contributed by atoms with Crippen LogP contribution in [0.4, 0.5) is 10.5 Å². The molecule has 8 nitrogen and oxygen atoms in total. The number of carbonyl (C=O) groups excluding carboxylic acids is 3. The van der Waals surface area contributed by atoms with Crippen molar-refractivity contribution in [1.29, 1.82) is 0 Å². The first-order valence-electron chi connectivity index (χ1n) is 8.56. The molecular formula is C20H17BrN2O6. The number of phenols is 1. The lowest BCUT2D eigenvalue weighted by atomic mass is 10.1. The van der Waals surface area contributed by atoms with Gasteiger partial charge in [-0.1, -0.05) is 0 Å². The first kappa shape index (κ1) is 20.4. The zero-order chi connectivity index (χ0) is 21.1. The first-order chi connectivity index (χ1) is 13.8. The van der Waals surface area contributed by atoms with Gasteiger partial charge in [0.05, 0.1) is 23.9 Å². The molecule has 0 atom stereocenters. The van der Waals surface area contributed by atoms with Crippen molar-refractivity contribution < 1.29 is 29.0 Å². The number of hydrogen-bond donors (Lipinski definition) is 2. The van der Waals surface area contributed by atoms with Crippen molar-refractivity contribution in [3.63, 3.8) is 0 Å². The summed E-state index contributed by atoms with van der Waals surface area (Å²) < 4.78 is 10.8. The fourth-order valence-electron chi connectivity index (χ4n) is 2.75. The lowest BCUT2D eigenvalue weighted by molar-refractivity contribution is -0.122. The minimum atomic E-state index is -0.842. The van der Waals surface area contributed by atoms with Crippen molar-refractivity contribution in [2.75, 3.05) is 18.6 Å². The SMILES string of the molecule is CCOc1ccc(N2C(=O)NC(=O)/C(=C\c3cc(Br)c(O)c(OC)c3)C2=O)cc1. The van der Waals surface area contributed by atoms with Crippen molar-refractivity contribution in [1.82, 2.24) is 5.32 Å². The van der Waals surface area contributed by atoms with E-state index in [4.69, 9.17) is 9.47 Å². The van der Waals surface area contributed by atoms with Gasteiger partial charge in [-0.3, -0.25) is 14.9 Å². The maximum atomic E-state index is 12.9. The fraction of sp³-hybridized carbons (Fsp3) is 0.150. The Morgan fingerprint density at radius 3 is 2.48 bits per heavy atom. The Balaban J connectivity index is 1.99. The van der Waals surface area contributed by atoms with Gasteiger partial charge in [0.25, 0.3) is 11.8 Å². The predicted octanol–water partition coefficient (Wildman–Crippen LogP) is 3.23. The third-order valence-electron chi connectivity index (χ3n) is 4.09. The van der Waals surface area contributed by atoms with E-state index in [2.05, 4.69) is 21.2 Å². The number of anilines is 1. The third kappa shape index (κ3) is 4.09. The van der Waals surface area contributed by atoms with E-state index in [1.54, 1.807) is 24.3 Å². The number of amides is 4. The smallest absolute Gasteiger partial charge is 0.335 e. The van der Waals surface area contributed by atoms with Gasteiger partial charge >= 0.3 is 6.03 Å². The average molecular weight is 461 g/mol. The highest BCUT2D eigenvalue weighted by Gasteiger charge is 2.36.